The van der Waals surface area contributed by atoms with Crippen LogP contribution in [0.3, 0.4) is 0 Å². The number of Topliss-reactive ketones (excluding diaryl/α,β-unsaturated/α-hetero) is 1. The van der Waals surface area contributed by atoms with E-state index in [0.29, 0.717) is 5.78 Å². The molecule has 1 fully saturated rings. The molecule has 100 valence electrons. The van der Waals surface area contributed by atoms with Gasteiger partial charge < -0.3 is 5.32 Å². The number of carbonyl (C=O) groups is 1. The van der Waals surface area contributed by atoms with Crippen LogP contribution in [0.1, 0.15) is 10.4 Å². The summed E-state index contributed by atoms with van der Waals surface area (Å²) in [5.41, 5.74) is 0.860. The third-order valence-electron chi connectivity index (χ3n) is 3.77. The lowest BCUT2D eigenvalue weighted by Crippen LogP contribution is -2.16. The van der Waals surface area contributed by atoms with Crippen molar-refractivity contribution in [1.82, 2.24) is 5.32 Å². The summed E-state index contributed by atoms with van der Waals surface area (Å²) in [7, 11) is -0.765. The molecule has 1 unspecified atom stereocenters. The molecule has 1 aliphatic rings. The van der Waals surface area contributed by atoms with E-state index >= 15 is 0 Å². The van der Waals surface area contributed by atoms with Gasteiger partial charge >= 0.3 is 0 Å². The van der Waals surface area contributed by atoms with E-state index in [1.807, 2.05) is 30.3 Å². The Morgan fingerprint density at radius 1 is 1.21 bits per heavy atom. The van der Waals surface area contributed by atoms with Crippen molar-refractivity contribution >= 4 is 26.6 Å². The molecule has 1 atom stereocenters. The van der Waals surface area contributed by atoms with E-state index in [1.165, 1.54) is 11.1 Å². The van der Waals surface area contributed by atoms with E-state index in [1.54, 1.807) is 0 Å². The van der Waals surface area contributed by atoms with Crippen LogP contribution in [0.2, 0.25) is 0 Å². The van der Waals surface area contributed by atoms with E-state index in [4.69, 9.17) is 0 Å². The van der Waals surface area contributed by atoms with Crippen LogP contribution in [-0.4, -0.2) is 36.0 Å². The average Bonchev–Trinajstić information content (AvgIpc) is 2.84. The molecule has 0 spiro atoms. The van der Waals surface area contributed by atoms with Gasteiger partial charge in [-0.05, 0) is 28.8 Å². The van der Waals surface area contributed by atoms with Gasteiger partial charge in [0.2, 0.25) is 0 Å². The highest BCUT2D eigenvalue weighted by Gasteiger charge is 2.26. The van der Waals surface area contributed by atoms with Crippen LogP contribution in [0.4, 0.5) is 0 Å². The van der Waals surface area contributed by atoms with Crippen molar-refractivity contribution in [1.29, 1.82) is 0 Å². The SMILES string of the molecule is CS1(CC(=O)c2ccc3ccccc3c2)CCNC1. The van der Waals surface area contributed by atoms with Gasteiger partial charge in [-0.25, -0.2) is 10.0 Å². The Bertz CT molecular complexity index is 617. The first kappa shape index (κ1) is 12.7. The van der Waals surface area contributed by atoms with Gasteiger partial charge in [0.15, 0.2) is 5.78 Å². The van der Waals surface area contributed by atoms with Gasteiger partial charge in [-0.3, -0.25) is 4.79 Å². The van der Waals surface area contributed by atoms with Gasteiger partial charge in [0.25, 0.3) is 0 Å². The van der Waals surface area contributed by atoms with Gasteiger partial charge in [-0.2, -0.15) is 0 Å². The number of hydrogen-bond acceptors (Lipinski definition) is 2. The maximum absolute atomic E-state index is 12.4. The highest BCUT2D eigenvalue weighted by molar-refractivity contribution is 8.33. The second-order valence-electron chi connectivity index (χ2n) is 5.46. The lowest BCUT2D eigenvalue weighted by atomic mass is 10.1. The Balaban J connectivity index is 1.85. The second-order valence-corrected chi connectivity index (χ2v) is 9.40. The van der Waals surface area contributed by atoms with Crippen LogP contribution in [0.5, 0.6) is 0 Å². The molecular weight excluding hydrogens is 254 g/mol. The monoisotopic (exact) mass is 273 g/mol. The zero-order chi connectivity index (χ0) is 13.3. The van der Waals surface area contributed by atoms with E-state index in [0.717, 1.165) is 29.1 Å². The number of ketones is 1. The van der Waals surface area contributed by atoms with Crippen LogP contribution in [-0.2, 0) is 0 Å². The predicted octanol–water partition coefficient (Wildman–Crippen LogP) is 3.02. The molecule has 2 nitrogen and oxygen atoms in total. The Labute approximate surface area is 115 Å². The van der Waals surface area contributed by atoms with E-state index < -0.39 is 10.0 Å². The summed E-state index contributed by atoms with van der Waals surface area (Å²) in [5, 5.41) is 5.73. The zero-order valence-electron chi connectivity index (χ0n) is 11.2. The summed E-state index contributed by atoms with van der Waals surface area (Å²) in [6, 6.07) is 14.2. The minimum Gasteiger partial charge on any atom is -0.308 e. The first-order valence-corrected chi connectivity index (χ1v) is 9.15. The number of rotatable bonds is 3. The first-order chi connectivity index (χ1) is 9.16. The molecule has 0 amide bonds. The van der Waals surface area contributed by atoms with Crippen molar-refractivity contribution in [3.8, 4) is 0 Å². The molecular formula is C16H19NOS. The van der Waals surface area contributed by atoms with Gasteiger partial charge in [0, 0.05) is 23.7 Å². The third kappa shape index (κ3) is 2.67. The zero-order valence-corrected chi connectivity index (χ0v) is 12.0. The molecule has 0 aliphatic carbocycles. The molecule has 2 aromatic carbocycles. The Morgan fingerprint density at radius 3 is 2.74 bits per heavy atom. The summed E-state index contributed by atoms with van der Waals surface area (Å²) in [6.45, 7) is 1.07. The second kappa shape index (κ2) is 4.99. The summed E-state index contributed by atoms with van der Waals surface area (Å²) in [4.78, 5) is 12.4. The summed E-state index contributed by atoms with van der Waals surface area (Å²) in [5.74, 6) is 3.23. The maximum Gasteiger partial charge on any atom is 0.171 e. The Hall–Kier alpha value is -1.32. The highest BCUT2D eigenvalue weighted by Crippen LogP contribution is 2.45. The fourth-order valence-corrected chi connectivity index (χ4v) is 5.06. The summed E-state index contributed by atoms with van der Waals surface area (Å²) >= 11 is 0. The third-order valence-corrected chi connectivity index (χ3v) is 6.82. The first-order valence-electron chi connectivity index (χ1n) is 6.60. The van der Waals surface area contributed by atoms with Gasteiger partial charge in [-0.1, -0.05) is 36.4 Å². The lowest BCUT2D eigenvalue weighted by Gasteiger charge is -2.28. The number of nitrogens with one attached hydrogen (secondary N) is 1. The molecule has 1 N–H and O–H groups in total. The molecule has 0 saturated carbocycles. The molecule has 1 saturated heterocycles. The molecule has 3 heteroatoms. The van der Waals surface area contributed by atoms with Crippen LogP contribution < -0.4 is 5.32 Å². The van der Waals surface area contributed by atoms with E-state index in [9.17, 15) is 4.79 Å². The quantitative estimate of drug-likeness (QED) is 0.871. The van der Waals surface area contributed by atoms with Crippen molar-refractivity contribution in [2.24, 2.45) is 0 Å². The lowest BCUT2D eigenvalue weighted by molar-refractivity contribution is 0.102. The average molecular weight is 273 g/mol. The van der Waals surface area contributed by atoms with Crippen LogP contribution in [0.25, 0.3) is 10.8 Å². The fourth-order valence-electron chi connectivity index (χ4n) is 2.60. The largest absolute Gasteiger partial charge is 0.308 e. The molecule has 1 aliphatic heterocycles. The normalized spacial score (nSPS) is 26.2. The highest BCUT2D eigenvalue weighted by atomic mass is 32.3. The maximum atomic E-state index is 12.4. The molecule has 0 radical (unpaired) electrons. The van der Waals surface area contributed by atoms with Crippen molar-refractivity contribution < 1.29 is 4.79 Å². The smallest absolute Gasteiger partial charge is 0.171 e. The summed E-state index contributed by atoms with van der Waals surface area (Å²) in [6.07, 6.45) is 2.28. The van der Waals surface area contributed by atoms with Crippen molar-refractivity contribution in [3.05, 3.63) is 48.0 Å². The van der Waals surface area contributed by atoms with Crippen molar-refractivity contribution in [3.63, 3.8) is 0 Å². The molecule has 0 bridgehead atoms. The fraction of sp³-hybridized carbons (Fsp3) is 0.312. The van der Waals surface area contributed by atoms with Gasteiger partial charge in [0.1, 0.15) is 0 Å². The van der Waals surface area contributed by atoms with Crippen molar-refractivity contribution in [2.45, 2.75) is 0 Å². The minimum atomic E-state index is -0.765. The van der Waals surface area contributed by atoms with E-state index in [-0.39, 0.29) is 0 Å². The van der Waals surface area contributed by atoms with Gasteiger partial charge in [0.05, 0.1) is 0 Å². The molecule has 2 aromatic rings. The molecule has 3 rings (SSSR count). The minimum absolute atomic E-state index is 0.298. The Morgan fingerprint density at radius 2 is 2.00 bits per heavy atom. The van der Waals surface area contributed by atoms with Crippen LogP contribution in [0, 0.1) is 0 Å². The molecule has 19 heavy (non-hydrogen) atoms. The number of fused-ring (bicyclic) bond motifs is 1. The molecule has 1 heterocycles. The molecule has 0 aromatic heterocycles. The van der Waals surface area contributed by atoms with Crippen LogP contribution in [0.15, 0.2) is 42.5 Å². The standard InChI is InChI=1S/C16H19NOS/c1-19(9-8-17-12-19)11-16(18)15-7-6-13-4-2-3-5-14(13)10-15/h2-7,10,17H,8-9,11-12H2,1H3. The number of carbonyl (C=O) groups excluding carboxylic acids is 1. The van der Waals surface area contributed by atoms with Crippen LogP contribution >= 0.6 is 10.0 Å². The summed E-state index contributed by atoms with van der Waals surface area (Å²) < 4.78 is 0. The van der Waals surface area contributed by atoms with Gasteiger partial charge in [-0.15, -0.1) is 0 Å². The Kier molecular flexibility index (Phi) is 3.33. The number of benzene rings is 2. The van der Waals surface area contributed by atoms with E-state index in [2.05, 4.69) is 23.7 Å². The topological polar surface area (TPSA) is 29.1 Å². The predicted molar refractivity (Wildman–Crippen MR) is 84.4 cm³/mol. The number of hydrogen-bond donors (Lipinski definition) is 1. The van der Waals surface area contributed by atoms with Crippen molar-refractivity contribution in [2.75, 3.05) is 30.2 Å².